The second kappa shape index (κ2) is 10.5. The van der Waals surface area contributed by atoms with E-state index in [1.165, 1.54) is 7.11 Å². The third kappa shape index (κ3) is 6.95. The summed E-state index contributed by atoms with van der Waals surface area (Å²) >= 11 is 0. The molecule has 2 aromatic rings. The van der Waals surface area contributed by atoms with Gasteiger partial charge in [0.05, 0.1) is 19.8 Å². The number of hydrogen-bond donors (Lipinski definition) is 1. The SMILES string of the molecule is COC(Cc1ccc(OCCCOCc2ccccc2)cc1)C(=O)O. The number of carbonyl (C=O) groups is 1. The molecule has 5 nitrogen and oxygen atoms in total. The highest BCUT2D eigenvalue weighted by atomic mass is 16.5. The van der Waals surface area contributed by atoms with Crippen molar-refractivity contribution in [2.75, 3.05) is 20.3 Å². The number of carboxylic acid groups (broad SMARTS) is 1. The fourth-order valence-electron chi connectivity index (χ4n) is 2.32. The van der Waals surface area contributed by atoms with Crippen molar-refractivity contribution in [3.05, 3.63) is 65.7 Å². The van der Waals surface area contributed by atoms with Crippen molar-refractivity contribution in [3.63, 3.8) is 0 Å². The first-order valence-corrected chi connectivity index (χ1v) is 8.28. The van der Waals surface area contributed by atoms with Gasteiger partial charge in [-0.3, -0.25) is 0 Å². The van der Waals surface area contributed by atoms with E-state index in [2.05, 4.69) is 0 Å². The largest absolute Gasteiger partial charge is 0.494 e. The lowest BCUT2D eigenvalue weighted by atomic mass is 10.1. The first kappa shape index (κ1) is 19.0. The van der Waals surface area contributed by atoms with Crippen molar-refractivity contribution >= 4 is 5.97 Å². The quantitative estimate of drug-likeness (QED) is 0.634. The van der Waals surface area contributed by atoms with Gasteiger partial charge in [0.25, 0.3) is 0 Å². The topological polar surface area (TPSA) is 65.0 Å². The lowest BCUT2D eigenvalue weighted by molar-refractivity contribution is -0.148. The molecule has 0 aliphatic rings. The van der Waals surface area contributed by atoms with Crippen molar-refractivity contribution < 1.29 is 24.1 Å². The molecule has 0 bridgehead atoms. The van der Waals surface area contributed by atoms with Gasteiger partial charge in [-0.05, 0) is 23.3 Å². The molecule has 134 valence electrons. The van der Waals surface area contributed by atoms with Crippen molar-refractivity contribution in [1.29, 1.82) is 0 Å². The predicted molar refractivity (Wildman–Crippen MR) is 94.8 cm³/mol. The molecule has 25 heavy (non-hydrogen) atoms. The Labute approximate surface area is 148 Å². The summed E-state index contributed by atoms with van der Waals surface area (Å²) in [6.07, 6.45) is 0.312. The van der Waals surface area contributed by atoms with Crippen LogP contribution in [0.1, 0.15) is 17.5 Å². The van der Waals surface area contributed by atoms with Gasteiger partial charge in [-0.1, -0.05) is 42.5 Å². The number of rotatable bonds is 11. The third-order valence-corrected chi connectivity index (χ3v) is 3.72. The van der Waals surface area contributed by atoms with Crippen LogP contribution >= 0.6 is 0 Å². The van der Waals surface area contributed by atoms with E-state index < -0.39 is 12.1 Å². The maximum atomic E-state index is 11.0. The minimum Gasteiger partial charge on any atom is -0.494 e. The van der Waals surface area contributed by atoms with Crippen LogP contribution in [0.15, 0.2) is 54.6 Å². The Kier molecular flexibility index (Phi) is 7.95. The minimum atomic E-state index is -0.960. The maximum Gasteiger partial charge on any atom is 0.333 e. The zero-order valence-corrected chi connectivity index (χ0v) is 14.4. The van der Waals surface area contributed by atoms with Crippen LogP contribution in [0.25, 0.3) is 0 Å². The Morgan fingerprint density at radius 3 is 2.36 bits per heavy atom. The molecule has 0 saturated carbocycles. The molecule has 0 saturated heterocycles. The maximum absolute atomic E-state index is 11.0. The van der Waals surface area contributed by atoms with E-state index in [4.69, 9.17) is 19.3 Å². The normalized spacial score (nSPS) is 11.9. The number of carboxylic acids is 1. The van der Waals surface area contributed by atoms with Gasteiger partial charge in [0.15, 0.2) is 6.10 Å². The molecule has 1 unspecified atom stereocenters. The zero-order valence-electron chi connectivity index (χ0n) is 14.4. The second-order valence-corrected chi connectivity index (χ2v) is 5.65. The fourth-order valence-corrected chi connectivity index (χ4v) is 2.32. The summed E-state index contributed by atoms with van der Waals surface area (Å²) in [6.45, 7) is 1.82. The molecule has 5 heteroatoms. The van der Waals surface area contributed by atoms with Gasteiger partial charge in [0.2, 0.25) is 0 Å². The van der Waals surface area contributed by atoms with Crippen LogP contribution in [0, 0.1) is 0 Å². The van der Waals surface area contributed by atoms with Crippen LogP contribution in [0.4, 0.5) is 0 Å². The van der Waals surface area contributed by atoms with E-state index in [0.29, 0.717) is 26.2 Å². The van der Waals surface area contributed by atoms with Gasteiger partial charge in [-0.15, -0.1) is 0 Å². The highest BCUT2D eigenvalue weighted by Gasteiger charge is 2.16. The standard InChI is InChI=1S/C20H24O5/c1-23-19(20(21)22)14-16-8-10-18(11-9-16)25-13-5-12-24-15-17-6-3-2-4-7-17/h2-4,6-11,19H,5,12-15H2,1H3,(H,21,22). The Morgan fingerprint density at radius 2 is 1.72 bits per heavy atom. The molecule has 2 rings (SSSR count). The van der Waals surface area contributed by atoms with E-state index >= 15 is 0 Å². The summed E-state index contributed by atoms with van der Waals surface area (Å²) in [5, 5.41) is 8.99. The molecule has 2 aromatic carbocycles. The average molecular weight is 344 g/mol. The summed E-state index contributed by atoms with van der Waals surface area (Å²) in [4.78, 5) is 11.0. The average Bonchev–Trinajstić information content (AvgIpc) is 2.64. The summed E-state index contributed by atoms with van der Waals surface area (Å²) < 4.78 is 16.2. The van der Waals surface area contributed by atoms with Crippen LogP contribution in [0.5, 0.6) is 5.75 Å². The molecule has 0 radical (unpaired) electrons. The molecule has 0 aliphatic heterocycles. The van der Waals surface area contributed by atoms with Gasteiger partial charge < -0.3 is 19.3 Å². The molecular formula is C20H24O5. The Bertz CT molecular complexity index is 624. The van der Waals surface area contributed by atoms with E-state index in [9.17, 15) is 4.79 Å². The monoisotopic (exact) mass is 344 g/mol. The second-order valence-electron chi connectivity index (χ2n) is 5.65. The summed E-state index contributed by atoms with van der Waals surface area (Å²) in [6, 6.07) is 17.5. The van der Waals surface area contributed by atoms with Crippen molar-refractivity contribution in [2.24, 2.45) is 0 Å². The van der Waals surface area contributed by atoms with Gasteiger partial charge >= 0.3 is 5.97 Å². The highest BCUT2D eigenvalue weighted by molar-refractivity contribution is 5.72. The number of methoxy groups -OCH3 is 1. The van der Waals surface area contributed by atoms with Crippen molar-refractivity contribution in [1.82, 2.24) is 0 Å². The smallest absolute Gasteiger partial charge is 0.333 e. The zero-order chi connectivity index (χ0) is 17.9. The minimum absolute atomic E-state index is 0.333. The van der Waals surface area contributed by atoms with E-state index in [1.54, 1.807) is 0 Å². The number of benzene rings is 2. The lowest BCUT2D eigenvalue weighted by Gasteiger charge is -2.11. The molecule has 0 aromatic heterocycles. The molecule has 0 spiro atoms. The van der Waals surface area contributed by atoms with Gasteiger partial charge in [-0.25, -0.2) is 4.79 Å². The van der Waals surface area contributed by atoms with Crippen LogP contribution in [-0.2, 0) is 27.3 Å². The van der Waals surface area contributed by atoms with Crippen LogP contribution in [0.2, 0.25) is 0 Å². The van der Waals surface area contributed by atoms with Gasteiger partial charge in [0, 0.05) is 20.0 Å². The summed E-state index contributed by atoms with van der Waals surface area (Å²) in [7, 11) is 1.40. The molecule has 0 aliphatic carbocycles. The Morgan fingerprint density at radius 1 is 1.00 bits per heavy atom. The third-order valence-electron chi connectivity index (χ3n) is 3.72. The molecular weight excluding hydrogens is 320 g/mol. The number of aliphatic carboxylic acids is 1. The van der Waals surface area contributed by atoms with Crippen LogP contribution in [-0.4, -0.2) is 37.5 Å². The molecule has 0 fully saturated rings. The Hall–Kier alpha value is -2.37. The molecule has 1 atom stereocenters. The van der Waals surface area contributed by atoms with E-state index in [0.717, 1.165) is 23.3 Å². The van der Waals surface area contributed by atoms with Crippen LogP contribution in [0.3, 0.4) is 0 Å². The van der Waals surface area contributed by atoms with Crippen molar-refractivity contribution in [2.45, 2.75) is 25.6 Å². The van der Waals surface area contributed by atoms with E-state index in [1.807, 2.05) is 54.6 Å². The lowest BCUT2D eigenvalue weighted by Crippen LogP contribution is -2.24. The van der Waals surface area contributed by atoms with Gasteiger partial charge in [-0.2, -0.15) is 0 Å². The highest BCUT2D eigenvalue weighted by Crippen LogP contribution is 2.14. The predicted octanol–water partition coefficient (Wildman–Crippen LogP) is 3.31. The molecule has 0 amide bonds. The molecule has 1 N–H and O–H groups in total. The van der Waals surface area contributed by atoms with Gasteiger partial charge in [0.1, 0.15) is 5.75 Å². The van der Waals surface area contributed by atoms with Crippen molar-refractivity contribution in [3.8, 4) is 5.75 Å². The summed E-state index contributed by atoms with van der Waals surface area (Å²) in [5.41, 5.74) is 2.06. The first-order chi connectivity index (χ1) is 12.2. The van der Waals surface area contributed by atoms with E-state index in [-0.39, 0.29) is 0 Å². The Balaban J connectivity index is 1.63. The summed E-state index contributed by atoms with van der Waals surface area (Å²) in [5.74, 6) is -0.200. The number of hydrogen-bond acceptors (Lipinski definition) is 4. The molecule has 0 heterocycles. The first-order valence-electron chi connectivity index (χ1n) is 8.28. The fraction of sp³-hybridized carbons (Fsp3) is 0.350. The van der Waals surface area contributed by atoms with Crippen LogP contribution < -0.4 is 4.74 Å². The number of ether oxygens (including phenoxy) is 3.